The van der Waals surface area contributed by atoms with Gasteiger partial charge < -0.3 is 9.84 Å². The summed E-state index contributed by atoms with van der Waals surface area (Å²) in [6, 6.07) is 8.33. The van der Waals surface area contributed by atoms with Gasteiger partial charge in [-0.2, -0.15) is 5.26 Å². The van der Waals surface area contributed by atoms with Gasteiger partial charge in [0.15, 0.2) is 11.6 Å². The minimum absolute atomic E-state index is 0.0141. The number of pyridine rings is 1. The number of rotatable bonds is 6. The van der Waals surface area contributed by atoms with Crippen LogP contribution in [0.25, 0.3) is 0 Å². The average molecular weight is 358 g/mol. The van der Waals surface area contributed by atoms with E-state index in [-0.39, 0.29) is 12.4 Å². The van der Waals surface area contributed by atoms with Crippen LogP contribution < -0.4 is 4.74 Å². The summed E-state index contributed by atoms with van der Waals surface area (Å²) in [5, 5.41) is 20.2. The van der Waals surface area contributed by atoms with Crippen molar-refractivity contribution in [3.05, 3.63) is 52.5 Å². The van der Waals surface area contributed by atoms with Crippen molar-refractivity contribution in [3.8, 4) is 11.8 Å². The van der Waals surface area contributed by atoms with E-state index in [0.717, 1.165) is 30.5 Å². The molecule has 0 spiro atoms. The third-order valence-electron chi connectivity index (χ3n) is 4.26. The van der Waals surface area contributed by atoms with E-state index in [2.05, 4.69) is 11.1 Å². The standard InChI is InChI=1S/C19H19FN2O2S/c1-12-14-5-4-7-17(14)22-19(15(12)9-21)25-11-13(23)10-24-18-8-3-2-6-16(18)20/h2-3,6,8,13,23H,4-5,7,10-11H2,1H3/t13-/m0/s1. The Labute approximate surface area is 150 Å². The fourth-order valence-electron chi connectivity index (χ4n) is 2.95. The normalized spacial score (nSPS) is 14.0. The highest BCUT2D eigenvalue weighted by molar-refractivity contribution is 7.99. The number of nitriles is 1. The summed E-state index contributed by atoms with van der Waals surface area (Å²) in [4.78, 5) is 4.62. The lowest BCUT2D eigenvalue weighted by molar-refractivity contribution is 0.123. The summed E-state index contributed by atoms with van der Waals surface area (Å²) in [5.74, 6) is -0.00486. The first-order valence-corrected chi connectivity index (χ1v) is 9.19. The molecule has 0 fully saturated rings. The van der Waals surface area contributed by atoms with Gasteiger partial charge in [-0.1, -0.05) is 12.1 Å². The molecule has 2 aromatic rings. The molecule has 0 amide bonds. The quantitative estimate of drug-likeness (QED) is 0.802. The summed E-state index contributed by atoms with van der Waals surface area (Å²) in [6.45, 7) is 1.95. The lowest BCUT2D eigenvalue weighted by Crippen LogP contribution is -2.20. The van der Waals surface area contributed by atoms with Crippen LogP contribution in [0, 0.1) is 24.1 Å². The van der Waals surface area contributed by atoms with Crippen LogP contribution in [0.4, 0.5) is 4.39 Å². The summed E-state index contributed by atoms with van der Waals surface area (Å²) in [5.41, 5.74) is 3.86. The topological polar surface area (TPSA) is 66.1 Å². The lowest BCUT2D eigenvalue weighted by atomic mass is 10.0. The molecule has 0 aliphatic heterocycles. The maximum atomic E-state index is 13.5. The number of aryl methyl sites for hydroxylation is 1. The molecule has 25 heavy (non-hydrogen) atoms. The molecule has 1 heterocycles. The van der Waals surface area contributed by atoms with Crippen molar-refractivity contribution in [3.63, 3.8) is 0 Å². The molecule has 1 N–H and O–H groups in total. The van der Waals surface area contributed by atoms with E-state index in [1.54, 1.807) is 12.1 Å². The Balaban J connectivity index is 1.63. The minimum atomic E-state index is -0.786. The maximum absolute atomic E-state index is 13.5. The first-order chi connectivity index (χ1) is 12.1. The summed E-state index contributed by atoms with van der Waals surface area (Å²) in [7, 11) is 0. The number of fused-ring (bicyclic) bond motifs is 1. The molecule has 0 saturated carbocycles. The molecule has 0 radical (unpaired) electrons. The fraction of sp³-hybridized carbons (Fsp3) is 0.368. The number of hydrogen-bond acceptors (Lipinski definition) is 5. The van der Waals surface area contributed by atoms with Crippen LogP contribution in [0.3, 0.4) is 0 Å². The Hall–Kier alpha value is -2.10. The molecule has 0 saturated heterocycles. The largest absolute Gasteiger partial charge is 0.488 e. The van der Waals surface area contributed by atoms with E-state index < -0.39 is 11.9 Å². The van der Waals surface area contributed by atoms with E-state index >= 15 is 0 Å². The molecule has 1 aromatic carbocycles. The Morgan fingerprint density at radius 3 is 2.96 bits per heavy atom. The molecule has 6 heteroatoms. The summed E-state index contributed by atoms with van der Waals surface area (Å²) < 4.78 is 18.8. The van der Waals surface area contributed by atoms with Crippen LogP contribution in [0.5, 0.6) is 5.75 Å². The Bertz CT molecular complexity index is 820. The number of nitrogens with zero attached hydrogens (tertiary/aromatic N) is 2. The number of hydrogen-bond donors (Lipinski definition) is 1. The second-order valence-electron chi connectivity index (χ2n) is 6.01. The zero-order valence-electron chi connectivity index (χ0n) is 14.0. The Morgan fingerprint density at radius 1 is 1.40 bits per heavy atom. The van der Waals surface area contributed by atoms with E-state index in [4.69, 9.17) is 4.74 Å². The van der Waals surface area contributed by atoms with Crippen LogP contribution in [0.2, 0.25) is 0 Å². The fourth-order valence-corrected chi connectivity index (χ4v) is 3.92. The van der Waals surface area contributed by atoms with E-state index in [9.17, 15) is 14.8 Å². The molecule has 4 nitrogen and oxygen atoms in total. The maximum Gasteiger partial charge on any atom is 0.165 e. The van der Waals surface area contributed by atoms with Crippen LogP contribution in [0.1, 0.15) is 28.8 Å². The van der Waals surface area contributed by atoms with E-state index in [0.29, 0.717) is 16.3 Å². The van der Waals surface area contributed by atoms with Crippen molar-refractivity contribution in [1.29, 1.82) is 5.26 Å². The molecule has 130 valence electrons. The van der Waals surface area contributed by atoms with Gasteiger partial charge in [0.1, 0.15) is 17.7 Å². The first kappa shape index (κ1) is 17.7. The lowest BCUT2D eigenvalue weighted by Gasteiger charge is -2.14. The van der Waals surface area contributed by atoms with Crippen molar-refractivity contribution in [1.82, 2.24) is 4.98 Å². The highest BCUT2D eigenvalue weighted by Gasteiger charge is 2.21. The van der Waals surface area contributed by atoms with Crippen LogP contribution >= 0.6 is 11.8 Å². The monoisotopic (exact) mass is 358 g/mol. The number of aromatic nitrogens is 1. The number of aliphatic hydroxyl groups excluding tert-OH is 1. The number of aliphatic hydroxyl groups is 1. The van der Waals surface area contributed by atoms with Crippen LogP contribution in [-0.4, -0.2) is 28.6 Å². The first-order valence-electron chi connectivity index (χ1n) is 8.20. The smallest absolute Gasteiger partial charge is 0.165 e. The van der Waals surface area contributed by atoms with Crippen molar-refractivity contribution in [2.24, 2.45) is 0 Å². The van der Waals surface area contributed by atoms with Gasteiger partial charge in [-0.25, -0.2) is 9.37 Å². The second-order valence-corrected chi connectivity index (χ2v) is 7.02. The third-order valence-corrected chi connectivity index (χ3v) is 5.38. The van der Waals surface area contributed by atoms with Gasteiger partial charge in [-0.3, -0.25) is 0 Å². The summed E-state index contributed by atoms with van der Waals surface area (Å²) >= 11 is 1.34. The van der Waals surface area contributed by atoms with Crippen molar-refractivity contribution in [2.75, 3.05) is 12.4 Å². The molecule has 0 bridgehead atoms. The molecule has 1 aliphatic rings. The average Bonchev–Trinajstić information content (AvgIpc) is 3.08. The molecule has 0 unspecified atom stereocenters. The van der Waals surface area contributed by atoms with E-state index in [1.165, 1.54) is 29.5 Å². The second kappa shape index (κ2) is 7.85. The minimum Gasteiger partial charge on any atom is -0.488 e. The van der Waals surface area contributed by atoms with Gasteiger partial charge in [0.05, 0.1) is 11.7 Å². The molecular weight excluding hydrogens is 339 g/mol. The molecular formula is C19H19FN2O2S. The summed E-state index contributed by atoms with van der Waals surface area (Å²) in [6.07, 6.45) is 2.20. The zero-order chi connectivity index (χ0) is 17.8. The Kier molecular flexibility index (Phi) is 5.57. The van der Waals surface area contributed by atoms with Gasteiger partial charge in [-0.15, -0.1) is 11.8 Å². The van der Waals surface area contributed by atoms with Crippen molar-refractivity contribution < 1.29 is 14.2 Å². The van der Waals surface area contributed by atoms with Crippen molar-refractivity contribution >= 4 is 11.8 Å². The van der Waals surface area contributed by atoms with Gasteiger partial charge in [0, 0.05) is 11.4 Å². The third kappa shape index (κ3) is 3.94. The number of ether oxygens (including phenoxy) is 1. The van der Waals surface area contributed by atoms with Gasteiger partial charge in [-0.05, 0) is 49.4 Å². The number of halogens is 1. The molecule has 3 rings (SSSR count). The SMILES string of the molecule is Cc1c(C#N)c(SC[C@@H](O)COc2ccccc2F)nc2c1CCC2. The highest BCUT2D eigenvalue weighted by Crippen LogP contribution is 2.32. The Morgan fingerprint density at radius 2 is 2.20 bits per heavy atom. The number of thioether (sulfide) groups is 1. The zero-order valence-corrected chi connectivity index (χ0v) is 14.8. The predicted molar refractivity (Wildman–Crippen MR) is 94.3 cm³/mol. The molecule has 1 atom stereocenters. The van der Waals surface area contributed by atoms with Gasteiger partial charge in [0.25, 0.3) is 0 Å². The van der Waals surface area contributed by atoms with E-state index in [1.807, 2.05) is 6.92 Å². The predicted octanol–water partition coefficient (Wildman–Crippen LogP) is 3.42. The van der Waals surface area contributed by atoms with Gasteiger partial charge in [0.2, 0.25) is 0 Å². The number of benzene rings is 1. The molecule has 1 aliphatic carbocycles. The van der Waals surface area contributed by atoms with Crippen LogP contribution in [0.15, 0.2) is 29.3 Å². The van der Waals surface area contributed by atoms with Crippen LogP contribution in [-0.2, 0) is 12.8 Å². The number of para-hydroxylation sites is 1. The van der Waals surface area contributed by atoms with Crippen molar-refractivity contribution in [2.45, 2.75) is 37.3 Å². The highest BCUT2D eigenvalue weighted by atomic mass is 32.2. The van der Waals surface area contributed by atoms with Gasteiger partial charge >= 0.3 is 0 Å². The molecule has 1 aromatic heterocycles.